The molecule has 222 valence electrons. The normalized spacial score (nSPS) is 11.3. The number of benzene rings is 7. The highest BCUT2D eigenvalue weighted by molar-refractivity contribution is 6.19. The highest BCUT2D eigenvalue weighted by Crippen LogP contribution is 2.45. The molecule has 2 heterocycles. The van der Waals surface area contributed by atoms with Crippen LogP contribution in [0, 0.1) is 22.7 Å². The van der Waals surface area contributed by atoms with E-state index in [0.29, 0.717) is 11.1 Å². The van der Waals surface area contributed by atoms with Crippen LogP contribution in [0.2, 0.25) is 0 Å². The predicted octanol–water partition coefficient (Wildman–Crippen LogP) is 11.0. The smallest absolute Gasteiger partial charge is 0.0992 e. The molecule has 0 aliphatic heterocycles. The number of para-hydroxylation sites is 3. The number of aromatic nitrogens is 2. The summed E-state index contributed by atoms with van der Waals surface area (Å²) in [5.41, 5.74) is 12.1. The van der Waals surface area contributed by atoms with Crippen LogP contribution in [-0.4, -0.2) is 9.13 Å². The molecule has 0 atom stereocenters. The molecule has 0 amide bonds. The van der Waals surface area contributed by atoms with Gasteiger partial charge in [0.1, 0.15) is 0 Å². The molecule has 4 heteroatoms. The highest BCUT2D eigenvalue weighted by Gasteiger charge is 2.21. The van der Waals surface area contributed by atoms with Crippen molar-refractivity contribution in [3.05, 3.63) is 169 Å². The monoisotopic (exact) mass is 610 g/mol. The van der Waals surface area contributed by atoms with E-state index < -0.39 is 0 Å². The van der Waals surface area contributed by atoms with Gasteiger partial charge in [-0.05, 0) is 77.4 Å². The Labute approximate surface area is 277 Å². The molecule has 0 N–H and O–H groups in total. The Balaban J connectivity index is 1.37. The third-order valence-corrected chi connectivity index (χ3v) is 9.37. The SMILES string of the molecule is N#Cc1cccc(-n2c3ccccc3c3c(-c4ccccc4-c4cccc5c6cc(C#N)ccc6n(-c6ccccc6)c45)cccc32)c1. The van der Waals surface area contributed by atoms with Gasteiger partial charge < -0.3 is 9.13 Å². The molecule has 0 radical (unpaired) electrons. The second-order valence-corrected chi connectivity index (χ2v) is 12.0. The lowest BCUT2D eigenvalue weighted by molar-refractivity contribution is 1.18. The van der Waals surface area contributed by atoms with Crippen LogP contribution in [0.15, 0.2) is 158 Å². The molecular formula is C44H26N4. The quantitative estimate of drug-likeness (QED) is 0.199. The Kier molecular flexibility index (Phi) is 6.22. The topological polar surface area (TPSA) is 57.4 Å². The van der Waals surface area contributed by atoms with Crippen molar-refractivity contribution in [2.24, 2.45) is 0 Å². The fraction of sp³-hybridized carbons (Fsp3) is 0. The van der Waals surface area contributed by atoms with E-state index in [1.54, 1.807) is 0 Å². The summed E-state index contributed by atoms with van der Waals surface area (Å²) in [6.45, 7) is 0. The van der Waals surface area contributed by atoms with E-state index >= 15 is 0 Å². The van der Waals surface area contributed by atoms with Crippen molar-refractivity contribution in [3.63, 3.8) is 0 Å². The van der Waals surface area contributed by atoms with Gasteiger partial charge in [0.2, 0.25) is 0 Å². The van der Waals surface area contributed by atoms with Gasteiger partial charge in [0.25, 0.3) is 0 Å². The molecular weight excluding hydrogens is 585 g/mol. The third kappa shape index (κ3) is 4.07. The minimum absolute atomic E-state index is 0.628. The van der Waals surface area contributed by atoms with Crippen LogP contribution in [0.25, 0.3) is 77.2 Å². The van der Waals surface area contributed by atoms with E-state index in [1.165, 1.54) is 0 Å². The minimum atomic E-state index is 0.628. The maximum absolute atomic E-state index is 9.78. The lowest BCUT2D eigenvalue weighted by atomic mass is 9.91. The molecule has 0 unspecified atom stereocenters. The molecule has 0 aliphatic carbocycles. The van der Waals surface area contributed by atoms with Gasteiger partial charge in [-0.1, -0.05) is 97.1 Å². The Morgan fingerprint density at radius 1 is 0.375 bits per heavy atom. The molecule has 0 saturated heterocycles. The molecule has 7 aromatic carbocycles. The van der Waals surface area contributed by atoms with E-state index in [-0.39, 0.29) is 0 Å². The molecule has 9 rings (SSSR count). The molecule has 0 aliphatic rings. The van der Waals surface area contributed by atoms with Crippen molar-refractivity contribution in [3.8, 4) is 45.8 Å². The zero-order chi connectivity index (χ0) is 32.2. The minimum Gasteiger partial charge on any atom is -0.309 e. The average Bonchev–Trinajstić information content (AvgIpc) is 3.68. The summed E-state index contributed by atoms with van der Waals surface area (Å²) in [6, 6.07) is 59.0. The van der Waals surface area contributed by atoms with Crippen molar-refractivity contribution in [2.45, 2.75) is 0 Å². The number of rotatable bonds is 4. The Bertz CT molecular complexity index is 2800. The second kappa shape index (κ2) is 10.9. The van der Waals surface area contributed by atoms with Crippen molar-refractivity contribution in [1.29, 1.82) is 10.5 Å². The van der Waals surface area contributed by atoms with E-state index in [4.69, 9.17) is 0 Å². The number of fused-ring (bicyclic) bond motifs is 6. The van der Waals surface area contributed by atoms with Crippen LogP contribution >= 0.6 is 0 Å². The lowest BCUT2D eigenvalue weighted by Gasteiger charge is -2.16. The van der Waals surface area contributed by atoms with E-state index in [2.05, 4.69) is 143 Å². The van der Waals surface area contributed by atoms with Gasteiger partial charge >= 0.3 is 0 Å². The van der Waals surface area contributed by atoms with Gasteiger partial charge in [-0.2, -0.15) is 10.5 Å². The molecule has 0 saturated carbocycles. The fourth-order valence-electron chi connectivity index (χ4n) is 7.39. The first-order valence-electron chi connectivity index (χ1n) is 15.9. The van der Waals surface area contributed by atoms with Crippen molar-refractivity contribution in [1.82, 2.24) is 9.13 Å². The summed E-state index contributed by atoms with van der Waals surface area (Å²) in [5.74, 6) is 0. The number of nitriles is 2. The average molecular weight is 611 g/mol. The Morgan fingerprint density at radius 3 is 1.79 bits per heavy atom. The summed E-state index contributed by atoms with van der Waals surface area (Å²) in [5, 5.41) is 23.9. The number of hydrogen-bond donors (Lipinski definition) is 0. The molecule has 48 heavy (non-hydrogen) atoms. The third-order valence-electron chi connectivity index (χ3n) is 9.37. The van der Waals surface area contributed by atoms with Crippen LogP contribution in [0.4, 0.5) is 0 Å². The predicted molar refractivity (Wildman–Crippen MR) is 195 cm³/mol. The van der Waals surface area contributed by atoms with E-state index in [1.807, 2.05) is 36.4 Å². The summed E-state index contributed by atoms with van der Waals surface area (Å²) in [6.07, 6.45) is 0. The molecule has 0 fully saturated rings. The first-order valence-corrected chi connectivity index (χ1v) is 15.9. The summed E-state index contributed by atoms with van der Waals surface area (Å²) in [4.78, 5) is 0. The van der Waals surface area contributed by atoms with E-state index in [9.17, 15) is 10.5 Å². The standard InChI is InChI=1S/C44H26N4/c45-27-29-11-8-14-32(25-29)47-40-21-7-6-17-38(40)43-35(18-10-22-42(43)47)33-15-4-5-16-34(33)36-19-9-20-37-39-26-30(28-46)23-24-41(39)48(44(36)37)31-12-2-1-3-13-31/h1-26H. The summed E-state index contributed by atoms with van der Waals surface area (Å²) < 4.78 is 4.59. The maximum Gasteiger partial charge on any atom is 0.0992 e. The largest absolute Gasteiger partial charge is 0.309 e. The van der Waals surface area contributed by atoms with Crippen molar-refractivity contribution in [2.75, 3.05) is 0 Å². The molecule has 0 bridgehead atoms. The Hall–Kier alpha value is -6.88. The van der Waals surface area contributed by atoms with Crippen LogP contribution in [0.5, 0.6) is 0 Å². The van der Waals surface area contributed by atoms with Crippen molar-refractivity contribution >= 4 is 43.6 Å². The van der Waals surface area contributed by atoms with Crippen molar-refractivity contribution < 1.29 is 0 Å². The lowest BCUT2D eigenvalue weighted by Crippen LogP contribution is -1.96. The second-order valence-electron chi connectivity index (χ2n) is 12.0. The zero-order valence-corrected chi connectivity index (χ0v) is 25.8. The Morgan fingerprint density at radius 2 is 0.958 bits per heavy atom. The first kappa shape index (κ1) is 27.4. The number of nitrogens with zero attached hydrogens (tertiary/aromatic N) is 4. The zero-order valence-electron chi connectivity index (χ0n) is 25.8. The molecule has 9 aromatic rings. The molecule has 0 spiro atoms. The molecule has 2 aromatic heterocycles. The maximum atomic E-state index is 9.78. The summed E-state index contributed by atoms with van der Waals surface area (Å²) in [7, 11) is 0. The van der Waals surface area contributed by atoms with Crippen LogP contribution in [-0.2, 0) is 0 Å². The fourth-order valence-corrected chi connectivity index (χ4v) is 7.39. The van der Waals surface area contributed by atoms with Gasteiger partial charge in [0, 0.05) is 38.5 Å². The van der Waals surface area contributed by atoms with Crippen LogP contribution < -0.4 is 0 Å². The first-order chi connectivity index (χ1) is 23.7. The van der Waals surface area contributed by atoms with Crippen LogP contribution in [0.1, 0.15) is 11.1 Å². The van der Waals surface area contributed by atoms with Gasteiger partial charge in [-0.25, -0.2) is 0 Å². The van der Waals surface area contributed by atoms with Gasteiger partial charge in [-0.3, -0.25) is 0 Å². The van der Waals surface area contributed by atoms with Crippen LogP contribution in [0.3, 0.4) is 0 Å². The van der Waals surface area contributed by atoms with Gasteiger partial charge in [0.05, 0.1) is 45.3 Å². The molecule has 4 nitrogen and oxygen atoms in total. The number of hydrogen-bond acceptors (Lipinski definition) is 2. The van der Waals surface area contributed by atoms with Gasteiger partial charge in [-0.15, -0.1) is 0 Å². The summed E-state index contributed by atoms with van der Waals surface area (Å²) >= 11 is 0. The van der Waals surface area contributed by atoms with E-state index in [0.717, 1.165) is 77.2 Å². The highest BCUT2D eigenvalue weighted by atomic mass is 15.0. The van der Waals surface area contributed by atoms with Gasteiger partial charge in [0.15, 0.2) is 0 Å².